The number of carboxylic acid groups (broad SMARTS) is 1. The number of aromatic nitrogens is 2. The summed E-state index contributed by atoms with van der Waals surface area (Å²) in [6.45, 7) is 2.02. The summed E-state index contributed by atoms with van der Waals surface area (Å²) in [5.74, 6) is 0.950. The van der Waals surface area contributed by atoms with E-state index >= 15 is 0 Å². The highest BCUT2D eigenvalue weighted by Crippen LogP contribution is 2.28. The zero-order valence-electron chi connectivity index (χ0n) is 11.9. The van der Waals surface area contributed by atoms with Gasteiger partial charge < -0.3 is 14.9 Å². The molecule has 0 spiro atoms. The quantitative estimate of drug-likeness (QED) is 0.774. The third-order valence-corrected chi connectivity index (χ3v) is 4.55. The van der Waals surface area contributed by atoms with Crippen LogP contribution in [0.2, 0.25) is 0 Å². The zero-order chi connectivity index (χ0) is 15.3. The van der Waals surface area contributed by atoms with Crippen LogP contribution in [0.15, 0.2) is 4.52 Å². The number of hydrogen-bond acceptors (Lipinski definition) is 6. The van der Waals surface area contributed by atoms with Crippen molar-refractivity contribution in [2.24, 2.45) is 0 Å². The molecule has 0 aliphatic carbocycles. The lowest BCUT2D eigenvalue weighted by molar-refractivity contribution is -0.146. The fourth-order valence-electron chi connectivity index (χ4n) is 2.15. The molecule has 0 saturated carbocycles. The van der Waals surface area contributed by atoms with E-state index in [0.717, 1.165) is 18.6 Å². The van der Waals surface area contributed by atoms with E-state index in [4.69, 9.17) is 4.52 Å². The molecule has 8 heteroatoms. The Labute approximate surface area is 126 Å². The van der Waals surface area contributed by atoms with E-state index in [-0.39, 0.29) is 12.3 Å². The predicted octanol–water partition coefficient (Wildman–Crippen LogP) is 1.03. The summed E-state index contributed by atoms with van der Waals surface area (Å²) in [4.78, 5) is 27.5. The average Bonchev–Trinajstić information content (AvgIpc) is 3.07. The molecule has 0 aromatic carbocycles. The van der Waals surface area contributed by atoms with Gasteiger partial charge in [0.15, 0.2) is 5.82 Å². The molecule has 21 heavy (non-hydrogen) atoms. The number of hydrogen-bond donors (Lipinski definition) is 2. The Kier molecular flexibility index (Phi) is 5.22. The van der Waals surface area contributed by atoms with Crippen LogP contribution < -0.4 is 5.32 Å². The van der Waals surface area contributed by atoms with Crippen LogP contribution in [-0.2, 0) is 22.4 Å². The van der Waals surface area contributed by atoms with Gasteiger partial charge in [-0.3, -0.25) is 4.79 Å². The van der Waals surface area contributed by atoms with Crippen molar-refractivity contribution in [2.45, 2.75) is 44.6 Å². The highest BCUT2D eigenvalue weighted by molar-refractivity contribution is 7.99. The first-order valence-electron chi connectivity index (χ1n) is 6.99. The second-order valence-corrected chi connectivity index (χ2v) is 6.20. The summed E-state index contributed by atoms with van der Waals surface area (Å²) in [7, 11) is 0. The van der Waals surface area contributed by atoms with Crippen molar-refractivity contribution in [1.29, 1.82) is 0 Å². The van der Waals surface area contributed by atoms with Crippen LogP contribution in [0.25, 0.3) is 0 Å². The summed E-state index contributed by atoms with van der Waals surface area (Å²) in [5, 5.41) is 15.7. The molecule has 1 amide bonds. The van der Waals surface area contributed by atoms with Gasteiger partial charge >= 0.3 is 5.97 Å². The number of amides is 1. The standard InChI is InChI=1S/C13H19N3O4S/c1-2-3-9-14-11(20-16-9)5-4-10(17)15-13(12(18)19)6-7-21-8-13/h2-8H2,1H3,(H,15,17)(H,18,19). The Hall–Kier alpha value is -1.57. The lowest BCUT2D eigenvalue weighted by atomic mass is 9.99. The first-order chi connectivity index (χ1) is 10.1. The molecule has 1 aliphatic heterocycles. The van der Waals surface area contributed by atoms with Crippen molar-refractivity contribution in [3.05, 3.63) is 11.7 Å². The van der Waals surface area contributed by atoms with Crippen molar-refractivity contribution in [1.82, 2.24) is 15.5 Å². The molecule has 1 unspecified atom stereocenters. The number of nitrogens with zero attached hydrogens (tertiary/aromatic N) is 2. The summed E-state index contributed by atoms with van der Waals surface area (Å²) in [6.07, 6.45) is 2.60. The number of carboxylic acids is 1. The van der Waals surface area contributed by atoms with E-state index in [9.17, 15) is 14.7 Å². The number of rotatable bonds is 7. The molecule has 1 aliphatic rings. The van der Waals surface area contributed by atoms with Crippen molar-refractivity contribution in [3.63, 3.8) is 0 Å². The minimum atomic E-state index is -1.12. The van der Waals surface area contributed by atoms with Gasteiger partial charge in [-0.15, -0.1) is 0 Å². The second-order valence-electron chi connectivity index (χ2n) is 5.09. The summed E-state index contributed by atoms with van der Waals surface area (Å²) in [5.41, 5.74) is -1.12. The van der Waals surface area contributed by atoms with Gasteiger partial charge in [-0.05, 0) is 18.6 Å². The molecule has 7 nitrogen and oxygen atoms in total. The zero-order valence-corrected chi connectivity index (χ0v) is 12.7. The van der Waals surface area contributed by atoms with Crippen molar-refractivity contribution in [2.75, 3.05) is 11.5 Å². The van der Waals surface area contributed by atoms with Crippen molar-refractivity contribution < 1.29 is 19.2 Å². The maximum absolute atomic E-state index is 11.9. The molecule has 1 fully saturated rings. The first-order valence-corrected chi connectivity index (χ1v) is 8.15. The minimum absolute atomic E-state index is 0.146. The van der Waals surface area contributed by atoms with E-state index in [2.05, 4.69) is 15.5 Å². The Balaban J connectivity index is 1.85. The van der Waals surface area contributed by atoms with E-state index in [1.165, 1.54) is 11.8 Å². The lowest BCUT2D eigenvalue weighted by Gasteiger charge is -2.24. The van der Waals surface area contributed by atoms with Gasteiger partial charge in [0.05, 0.1) is 0 Å². The monoisotopic (exact) mass is 313 g/mol. The largest absolute Gasteiger partial charge is 0.479 e. The smallest absolute Gasteiger partial charge is 0.330 e. The van der Waals surface area contributed by atoms with E-state index < -0.39 is 11.5 Å². The minimum Gasteiger partial charge on any atom is -0.479 e. The topological polar surface area (TPSA) is 105 Å². The van der Waals surface area contributed by atoms with Crippen LogP contribution >= 0.6 is 11.8 Å². The van der Waals surface area contributed by atoms with Gasteiger partial charge in [0, 0.05) is 25.0 Å². The maximum atomic E-state index is 11.9. The number of thioether (sulfide) groups is 1. The van der Waals surface area contributed by atoms with Crippen molar-refractivity contribution >= 4 is 23.6 Å². The van der Waals surface area contributed by atoms with Gasteiger partial charge in [-0.25, -0.2) is 4.79 Å². The molecule has 1 aromatic heterocycles. The second kappa shape index (κ2) is 6.93. The Bertz CT molecular complexity index is 511. The molecule has 2 N–H and O–H groups in total. The molecule has 2 rings (SSSR count). The molecule has 1 aromatic rings. The highest BCUT2D eigenvalue weighted by atomic mass is 32.2. The SMILES string of the molecule is CCCc1noc(CCC(=O)NC2(C(=O)O)CCSC2)n1. The van der Waals surface area contributed by atoms with Crippen LogP contribution in [0, 0.1) is 0 Å². The highest BCUT2D eigenvalue weighted by Gasteiger charge is 2.43. The molecule has 0 bridgehead atoms. The van der Waals surface area contributed by atoms with E-state index in [1.54, 1.807) is 0 Å². The number of carbonyl (C=O) groups excluding carboxylic acids is 1. The number of aliphatic carboxylic acids is 1. The lowest BCUT2D eigenvalue weighted by Crippen LogP contribution is -2.54. The Morgan fingerprint density at radius 1 is 1.48 bits per heavy atom. The fraction of sp³-hybridized carbons (Fsp3) is 0.692. The number of aryl methyl sites for hydroxylation is 2. The van der Waals surface area contributed by atoms with Crippen molar-refractivity contribution in [3.8, 4) is 0 Å². The third kappa shape index (κ3) is 3.96. The number of carbonyl (C=O) groups is 2. The van der Waals surface area contributed by atoms with Gasteiger partial charge in [0.1, 0.15) is 5.54 Å². The molecular formula is C13H19N3O4S. The van der Waals surface area contributed by atoms with E-state index in [1.807, 2.05) is 6.92 Å². The predicted molar refractivity (Wildman–Crippen MR) is 77.1 cm³/mol. The van der Waals surface area contributed by atoms with Crippen LogP contribution in [0.3, 0.4) is 0 Å². The normalized spacial score (nSPS) is 21.4. The summed E-state index contributed by atoms with van der Waals surface area (Å²) < 4.78 is 5.05. The van der Waals surface area contributed by atoms with E-state index in [0.29, 0.717) is 30.3 Å². The maximum Gasteiger partial charge on any atom is 0.330 e. The molecular weight excluding hydrogens is 294 g/mol. The first kappa shape index (κ1) is 15.8. The van der Waals surface area contributed by atoms with Crippen LogP contribution in [0.5, 0.6) is 0 Å². The van der Waals surface area contributed by atoms with Gasteiger partial charge in [-0.1, -0.05) is 12.1 Å². The molecule has 116 valence electrons. The van der Waals surface area contributed by atoms with Crippen LogP contribution in [-0.4, -0.2) is 44.2 Å². The summed E-state index contributed by atoms with van der Waals surface area (Å²) in [6, 6.07) is 0. The molecule has 1 atom stereocenters. The molecule has 1 saturated heterocycles. The Morgan fingerprint density at radius 2 is 2.29 bits per heavy atom. The van der Waals surface area contributed by atoms with Gasteiger partial charge in [0.25, 0.3) is 0 Å². The Morgan fingerprint density at radius 3 is 2.90 bits per heavy atom. The van der Waals surface area contributed by atoms with Gasteiger partial charge in [0.2, 0.25) is 11.8 Å². The van der Waals surface area contributed by atoms with Crippen LogP contribution in [0.1, 0.15) is 37.9 Å². The third-order valence-electron chi connectivity index (χ3n) is 3.36. The fourth-order valence-corrected chi connectivity index (χ4v) is 3.48. The summed E-state index contributed by atoms with van der Waals surface area (Å²) >= 11 is 1.54. The van der Waals surface area contributed by atoms with Crippen LogP contribution in [0.4, 0.5) is 0 Å². The number of nitrogens with one attached hydrogen (secondary N) is 1. The van der Waals surface area contributed by atoms with Gasteiger partial charge in [-0.2, -0.15) is 16.7 Å². The molecule has 2 heterocycles. The average molecular weight is 313 g/mol. The molecule has 0 radical (unpaired) electrons.